The number of hydrogen-bond donors (Lipinski definition) is 3. The molecule has 24 heavy (non-hydrogen) atoms. The number of halogens is 2. The molecule has 0 aromatic heterocycles. The van der Waals surface area contributed by atoms with E-state index in [2.05, 4.69) is 36.9 Å². The van der Waals surface area contributed by atoms with Gasteiger partial charge < -0.3 is 16.0 Å². The van der Waals surface area contributed by atoms with Crippen LogP contribution in [0.4, 0.5) is 5.69 Å². The summed E-state index contributed by atoms with van der Waals surface area (Å²) in [6.07, 6.45) is 5.35. The molecule has 1 aromatic carbocycles. The zero-order valence-electron chi connectivity index (χ0n) is 14.0. The summed E-state index contributed by atoms with van der Waals surface area (Å²) < 4.78 is 0.994. The van der Waals surface area contributed by atoms with Crippen molar-refractivity contribution in [2.24, 2.45) is 4.99 Å². The summed E-state index contributed by atoms with van der Waals surface area (Å²) in [5, 5.41) is 9.57. The highest BCUT2D eigenvalue weighted by Gasteiger charge is 2.15. The molecule has 1 saturated carbocycles. The topological polar surface area (TPSA) is 65.5 Å². The monoisotopic (exact) mass is 508 g/mol. The first-order valence-electron chi connectivity index (χ1n) is 8.27. The van der Waals surface area contributed by atoms with Gasteiger partial charge in [0.25, 0.3) is 0 Å². The molecule has 0 heterocycles. The standard InChI is InChI=1S/C17H25BrN4O.HI/c1-2-19-17(22-14-5-3-4-6-14)20-12-11-16(23)21-15-9-7-13(18)8-10-15;/h7-10,14H,2-6,11-12H2,1H3,(H,21,23)(H2,19,20,22);1H. The maximum absolute atomic E-state index is 11.9. The second-order valence-corrected chi connectivity index (χ2v) is 6.61. The molecule has 1 aliphatic rings. The van der Waals surface area contributed by atoms with E-state index in [9.17, 15) is 4.79 Å². The van der Waals surface area contributed by atoms with Gasteiger partial charge in [-0.1, -0.05) is 28.8 Å². The Kier molecular flexibility index (Phi) is 10.3. The van der Waals surface area contributed by atoms with Crippen molar-refractivity contribution in [1.82, 2.24) is 10.6 Å². The first kappa shape index (κ1) is 21.2. The highest BCUT2D eigenvalue weighted by molar-refractivity contribution is 14.0. The quantitative estimate of drug-likeness (QED) is 0.310. The molecule has 1 amide bonds. The highest BCUT2D eigenvalue weighted by Crippen LogP contribution is 2.17. The first-order valence-corrected chi connectivity index (χ1v) is 9.07. The third-order valence-corrected chi connectivity index (χ3v) is 4.31. The summed E-state index contributed by atoms with van der Waals surface area (Å²) in [4.78, 5) is 16.4. The Morgan fingerprint density at radius 1 is 1.25 bits per heavy atom. The van der Waals surface area contributed by atoms with Crippen LogP contribution in [0, 0.1) is 0 Å². The van der Waals surface area contributed by atoms with Crippen molar-refractivity contribution in [3.63, 3.8) is 0 Å². The summed E-state index contributed by atoms with van der Waals surface area (Å²) in [6, 6.07) is 8.07. The molecule has 0 aliphatic heterocycles. The molecule has 0 radical (unpaired) electrons. The Morgan fingerprint density at radius 3 is 2.54 bits per heavy atom. The van der Waals surface area contributed by atoms with Gasteiger partial charge in [0, 0.05) is 29.2 Å². The molecule has 1 fully saturated rings. The number of carbonyl (C=O) groups excluding carboxylic acids is 1. The van der Waals surface area contributed by atoms with Gasteiger partial charge in [-0.05, 0) is 44.0 Å². The molecule has 7 heteroatoms. The number of anilines is 1. The van der Waals surface area contributed by atoms with Crippen molar-refractivity contribution < 1.29 is 4.79 Å². The third-order valence-electron chi connectivity index (χ3n) is 3.78. The molecule has 0 saturated heterocycles. The van der Waals surface area contributed by atoms with Crippen molar-refractivity contribution in [1.29, 1.82) is 0 Å². The predicted octanol–water partition coefficient (Wildman–Crippen LogP) is 3.89. The lowest BCUT2D eigenvalue weighted by Gasteiger charge is -2.16. The van der Waals surface area contributed by atoms with Gasteiger partial charge in [-0.25, -0.2) is 0 Å². The number of guanidine groups is 1. The average Bonchev–Trinajstić information content (AvgIpc) is 3.03. The van der Waals surface area contributed by atoms with Gasteiger partial charge in [-0.15, -0.1) is 24.0 Å². The van der Waals surface area contributed by atoms with Gasteiger partial charge >= 0.3 is 0 Å². The molecular formula is C17H26BrIN4O. The van der Waals surface area contributed by atoms with Gasteiger partial charge in [0.05, 0.1) is 6.54 Å². The van der Waals surface area contributed by atoms with Crippen molar-refractivity contribution in [2.75, 3.05) is 18.4 Å². The number of benzene rings is 1. The second-order valence-electron chi connectivity index (χ2n) is 5.69. The minimum Gasteiger partial charge on any atom is -0.357 e. The Labute approximate surface area is 169 Å². The summed E-state index contributed by atoms with van der Waals surface area (Å²) in [6.45, 7) is 3.35. The van der Waals surface area contributed by atoms with E-state index < -0.39 is 0 Å². The van der Waals surface area contributed by atoms with Crippen LogP contribution >= 0.6 is 39.9 Å². The SMILES string of the molecule is CCNC(=NCCC(=O)Nc1ccc(Br)cc1)NC1CCCC1.I. The van der Waals surface area contributed by atoms with Gasteiger partial charge in [0.1, 0.15) is 0 Å². The number of rotatable bonds is 6. The molecule has 2 rings (SSSR count). The van der Waals surface area contributed by atoms with Gasteiger partial charge in [-0.2, -0.15) is 0 Å². The molecule has 0 spiro atoms. The minimum atomic E-state index is -0.0206. The third kappa shape index (κ3) is 7.83. The Balaban J connectivity index is 0.00000288. The van der Waals surface area contributed by atoms with Crippen LogP contribution in [0.2, 0.25) is 0 Å². The van der Waals surface area contributed by atoms with Gasteiger partial charge in [-0.3, -0.25) is 9.79 Å². The molecule has 1 aliphatic carbocycles. The van der Waals surface area contributed by atoms with E-state index >= 15 is 0 Å². The molecule has 1 aromatic rings. The maximum atomic E-state index is 11.9. The zero-order chi connectivity index (χ0) is 16.5. The van der Waals surface area contributed by atoms with Crippen LogP contribution in [0.1, 0.15) is 39.0 Å². The summed E-state index contributed by atoms with van der Waals surface area (Å²) in [5.74, 6) is 0.795. The fraction of sp³-hybridized carbons (Fsp3) is 0.529. The van der Waals surface area contributed by atoms with Crippen LogP contribution < -0.4 is 16.0 Å². The number of aliphatic imine (C=N–C) groups is 1. The molecule has 0 atom stereocenters. The fourth-order valence-corrected chi connectivity index (χ4v) is 2.87. The number of nitrogens with zero attached hydrogens (tertiary/aromatic N) is 1. The molecule has 0 unspecified atom stereocenters. The van der Waals surface area contributed by atoms with Crippen LogP contribution in [0.15, 0.2) is 33.7 Å². The van der Waals surface area contributed by atoms with Gasteiger partial charge in [0.15, 0.2) is 5.96 Å². The lowest BCUT2D eigenvalue weighted by atomic mass is 10.2. The average molecular weight is 509 g/mol. The number of hydrogen-bond acceptors (Lipinski definition) is 2. The van der Waals surface area contributed by atoms with Crippen LogP contribution in [-0.4, -0.2) is 31.0 Å². The summed E-state index contributed by atoms with van der Waals surface area (Å²) >= 11 is 3.38. The fourth-order valence-electron chi connectivity index (χ4n) is 2.61. The van der Waals surface area contributed by atoms with E-state index in [1.54, 1.807) is 0 Å². The Hall–Kier alpha value is -0.830. The number of amides is 1. The molecule has 5 nitrogen and oxygen atoms in total. The van der Waals surface area contributed by atoms with E-state index in [4.69, 9.17) is 0 Å². The van der Waals surface area contributed by atoms with Crippen molar-refractivity contribution >= 4 is 57.5 Å². The van der Waals surface area contributed by atoms with E-state index in [1.807, 2.05) is 31.2 Å². The summed E-state index contributed by atoms with van der Waals surface area (Å²) in [5.41, 5.74) is 0.804. The van der Waals surface area contributed by atoms with Crippen molar-refractivity contribution in [3.05, 3.63) is 28.7 Å². The van der Waals surface area contributed by atoms with Crippen LogP contribution in [-0.2, 0) is 4.79 Å². The van der Waals surface area contributed by atoms with E-state index in [0.717, 1.165) is 22.7 Å². The molecule has 0 bridgehead atoms. The van der Waals surface area contributed by atoms with Crippen molar-refractivity contribution in [2.45, 2.75) is 45.1 Å². The maximum Gasteiger partial charge on any atom is 0.226 e. The predicted molar refractivity (Wildman–Crippen MR) is 114 cm³/mol. The lowest BCUT2D eigenvalue weighted by molar-refractivity contribution is -0.116. The number of carbonyl (C=O) groups is 1. The van der Waals surface area contributed by atoms with E-state index in [1.165, 1.54) is 25.7 Å². The Bertz CT molecular complexity index is 530. The largest absolute Gasteiger partial charge is 0.357 e. The second kappa shape index (κ2) is 11.7. The molecular weight excluding hydrogens is 483 g/mol. The molecule has 134 valence electrons. The minimum absolute atomic E-state index is 0. The number of nitrogens with one attached hydrogen (secondary N) is 3. The summed E-state index contributed by atoms with van der Waals surface area (Å²) in [7, 11) is 0. The van der Waals surface area contributed by atoms with Gasteiger partial charge in [0.2, 0.25) is 5.91 Å². The van der Waals surface area contributed by atoms with E-state index in [-0.39, 0.29) is 29.9 Å². The van der Waals surface area contributed by atoms with Crippen molar-refractivity contribution in [3.8, 4) is 0 Å². The van der Waals surface area contributed by atoms with Crippen LogP contribution in [0.5, 0.6) is 0 Å². The Morgan fingerprint density at radius 2 is 1.92 bits per heavy atom. The smallest absolute Gasteiger partial charge is 0.226 e. The van der Waals surface area contributed by atoms with Crippen LogP contribution in [0.25, 0.3) is 0 Å². The van der Waals surface area contributed by atoms with E-state index in [0.29, 0.717) is 19.0 Å². The normalized spacial score (nSPS) is 14.8. The zero-order valence-corrected chi connectivity index (χ0v) is 17.9. The lowest BCUT2D eigenvalue weighted by Crippen LogP contribution is -2.42. The highest BCUT2D eigenvalue weighted by atomic mass is 127. The first-order chi connectivity index (χ1) is 11.2. The van der Waals surface area contributed by atoms with Crippen LogP contribution in [0.3, 0.4) is 0 Å². The molecule has 3 N–H and O–H groups in total.